The number of hydrogen-bond acceptors (Lipinski definition) is 3. The van der Waals surface area contributed by atoms with Crippen LogP contribution in [0.3, 0.4) is 0 Å². The Morgan fingerprint density at radius 2 is 1.93 bits per heavy atom. The first-order chi connectivity index (χ1) is 4.68. The average molecular weight is 315 g/mol. The summed E-state index contributed by atoms with van der Waals surface area (Å²) < 4.78 is 0. The van der Waals surface area contributed by atoms with Gasteiger partial charge in [-0.05, 0) is 0 Å². The molecule has 0 spiro atoms. The molecule has 1 N–H and O–H groups in total. The molecule has 0 fully saturated rings. The Morgan fingerprint density at radius 1 is 1.43 bits per heavy atom. The first kappa shape index (κ1) is 23.8. The number of nitrogens with zero attached hydrogens (tertiary/aromatic N) is 2. The zero-order valence-electron chi connectivity index (χ0n) is 7.69. The molecule has 80 valence electrons. The van der Waals surface area contributed by atoms with Crippen molar-refractivity contribution in [2.45, 2.75) is 0 Å². The number of carboxylic acids is 1. The van der Waals surface area contributed by atoms with E-state index in [1.54, 1.807) is 11.1 Å². The van der Waals surface area contributed by atoms with Crippen LogP contribution in [-0.2, 0) is 24.3 Å². The molecule has 1 heterocycles. The molecule has 0 aromatic heterocycles. The summed E-state index contributed by atoms with van der Waals surface area (Å²) in [5, 5.41) is 8.37. The van der Waals surface area contributed by atoms with Gasteiger partial charge < -0.3 is 39.7 Å². The quantitative estimate of drug-likeness (QED) is 0.516. The maximum atomic E-state index is 10.2. The third-order valence-electron chi connectivity index (χ3n) is 1.28. The van der Waals surface area contributed by atoms with Gasteiger partial charge in [0.15, 0.2) is 0 Å². The van der Waals surface area contributed by atoms with Crippen LogP contribution >= 0.6 is 12.4 Å². The van der Waals surface area contributed by atoms with Crippen molar-refractivity contribution in [2.24, 2.45) is 0 Å². The molecule has 0 aromatic rings. The molecular formula is C6H11Cl3N2O2Zn. The zero-order chi connectivity index (χ0) is 7.56. The van der Waals surface area contributed by atoms with Gasteiger partial charge in [0.25, 0.3) is 0 Å². The van der Waals surface area contributed by atoms with Gasteiger partial charge in [0.2, 0.25) is 0 Å². The largest absolute Gasteiger partial charge is 2.00 e. The van der Waals surface area contributed by atoms with Crippen molar-refractivity contribution in [3.63, 3.8) is 0 Å². The molecule has 1 rings (SSSR count). The molecule has 0 atom stereocenters. The van der Waals surface area contributed by atoms with Crippen LogP contribution in [0.1, 0.15) is 0 Å². The van der Waals surface area contributed by atoms with E-state index in [-0.39, 0.29) is 63.2 Å². The first-order valence-electron chi connectivity index (χ1n) is 3.03. The van der Waals surface area contributed by atoms with Gasteiger partial charge in [-0.2, -0.15) is 0 Å². The SMILES string of the molecule is CN1C=CN(CC(=O)O)C1.Cl.[Cl-].[Cl-].[Zn+2]. The van der Waals surface area contributed by atoms with E-state index in [9.17, 15) is 4.79 Å². The molecule has 14 heavy (non-hydrogen) atoms. The number of carboxylic acid groups (broad SMARTS) is 1. The standard InChI is InChI=1S/C6H10N2O2.3ClH.Zn/c1-7-2-3-8(5-7)4-6(9)10;;;;/h2-3H,4-5H2,1H3,(H,9,10);3*1H;/q;;;;+2/p-2. The maximum Gasteiger partial charge on any atom is 2.00 e. The molecule has 1 aliphatic rings. The summed E-state index contributed by atoms with van der Waals surface area (Å²) in [7, 11) is 1.90. The summed E-state index contributed by atoms with van der Waals surface area (Å²) >= 11 is 0. The topological polar surface area (TPSA) is 43.8 Å². The number of hydrogen-bond donors (Lipinski definition) is 1. The van der Waals surface area contributed by atoms with E-state index in [0.717, 1.165) is 0 Å². The van der Waals surface area contributed by atoms with Crippen LogP contribution < -0.4 is 24.8 Å². The molecule has 0 unspecified atom stereocenters. The van der Waals surface area contributed by atoms with E-state index in [1.165, 1.54) is 0 Å². The van der Waals surface area contributed by atoms with Crippen LogP contribution in [0.15, 0.2) is 12.4 Å². The molecule has 0 saturated carbocycles. The number of carbonyl (C=O) groups is 1. The molecule has 0 amide bonds. The monoisotopic (exact) mass is 312 g/mol. The third kappa shape index (κ3) is 8.88. The van der Waals surface area contributed by atoms with Crippen LogP contribution in [0, 0.1) is 0 Å². The van der Waals surface area contributed by atoms with E-state index in [2.05, 4.69) is 0 Å². The van der Waals surface area contributed by atoms with Crippen LogP contribution in [0.4, 0.5) is 0 Å². The van der Waals surface area contributed by atoms with Gasteiger partial charge in [-0.25, -0.2) is 0 Å². The molecule has 0 saturated heterocycles. The van der Waals surface area contributed by atoms with Crippen LogP contribution in [0.2, 0.25) is 0 Å². The Labute approximate surface area is 115 Å². The van der Waals surface area contributed by atoms with E-state index in [1.807, 2.05) is 18.1 Å². The van der Waals surface area contributed by atoms with Gasteiger partial charge in [0, 0.05) is 19.4 Å². The predicted octanol–water partition coefficient (Wildman–Crippen LogP) is -5.83. The summed E-state index contributed by atoms with van der Waals surface area (Å²) in [6.07, 6.45) is 3.62. The second-order valence-electron chi connectivity index (χ2n) is 2.34. The Hall–Kier alpha value is 0.303. The average Bonchev–Trinajstić information content (AvgIpc) is 2.13. The molecule has 0 radical (unpaired) electrons. The Bertz CT molecular complexity index is 182. The van der Waals surface area contributed by atoms with Crippen LogP contribution in [-0.4, -0.2) is 41.1 Å². The van der Waals surface area contributed by atoms with Gasteiger partial charge in [-0.15, -0.1) is 12.4 Å². The molecule has 0 aliphatic carbocycles. The van der Waals surface area contributed by atoms with E-state index in [0.29, 0.717) is 6.67 Å². The molecular weight excluding hydrogens is 304 g/mol. The van der Waals surface area contributed by atoms with Gasteiger partial charge in [-0.3, -0.25) is 4.79 Å². The van der Waals surface area contributed by atoms with E-state index >= 15 is 0 Å². The van der Waals surface area contributed by atoms with Gasteiger partial charge >= 0.3 is 25.4 Å². The Morgan fingerprint density at radius 3 is 2.21 bits per heavy atom. The summed E-state index contributed by atoms with van der Waals surface area (Å²) in [6.45, 7) is 0.757. The van der Waals surface area contributed by atoms with Crippen LogP contribution in [0.5, 0.6) is 0 Å². The van der Waals surface area contributed by atoms with Crippen molar-refractivity contribution in [1.29, 1.82) is 0 Å². The van der Waals surface area contributed by atoms with Crippen molar-refractivity contribution in [3.8, 4) is 0 Å². The number of halogens is 3. The maximum absolute atomic E-state index is 10.2. The van der Waals surface area contributed by atoms with Gasteiger partial charge in [0.05, 0.1) is 6.67 Å². The second-order valence-corrected chi connectivity index (χ2v) is 2.34. The molecule has 0 aromatic carbocycles. The van der Waals surface area contributed by atoms with Crippen LogP contribution in [0.25, 0.3) is 0 Å². The number of aliphatic carboxylic acids is 1. The summed E-state index contributed by atoms with van der Waals surface area (Å²) in [5.41, 5.74) is 0. The number of rotatable bonds is 2. The van der Waals surface area contributed by atoms with E-state index in [4.69, 9.17) is 5.11 Å². The second kappa shape index (κ2) is 11.4. The fourth-order valence-electron chi connectivity index (χ4n) is 0.865. The summed E-state index contributed by atoms with van der Waals surface area (Å²) in [6, 6.07) is 0. The fourth-order valence-corrected chi connectivity index (χ4v) is 0.865. The van der Waals surface area contributed by atoms with Crippen molar-refractivity contribution in [3.05, 3.63) is 12.4 Å². The third-order valence-corrected chi connectivity index (χ3v) is 1.28. The molecule has 0 bridgehead atoms. The van der Waals surface area contributed by atoms with Crippen molar-refractivity contribution < 1.29 is 54.2 Å². The smallest absolute Gasteiger partial charge is 1.00 e. The zero-order valence-corrected chi connectivity index (χ0v) is 13.0. The molecule has 8 heteroatoms. The minimum atomic E-state index is -0.792. The molecule has 4 nitrogen and oxygen atoms in total. The van der Waals surface area contributed by atoms with Crippen molar-refractivity contribution in [2.75, 3.05) is 20.3 Å². The fraction of sp³-hybridized carbons (Fsp3) is 0.500. The summed E-state index contributed by atoms with van der Waals surface area (Å²) in [5.74, 6) is -0.792. The summed E-state index contributed by atoms with van der Waals surface area (Å²) in [4.78, 5) is 13.8. The normalized spacial score (nSPS) is 11.8. The molecule has 1 aliphatic heterocycles. The first-order valence-corrected chi connectivity index (χ1v) is 3.03. The van der Waals surface area contributed by atoms with Crippen molar-refractivity contribution >= 4 is 18.4 Å². The van der Waals surface area contributed by atoms with E-state index < -0.39 is 5.97 Å². The minimum Gasteiger partial charge on any atom is -1.00 e. The van der Waals surface area contributed by atoms with Gasteiger partial charge in [0.1, 0.15) is 6.54 Å². The Kier molecular flexibility index (Phi) is 19.4. The predicted molar refractivity (Wildman–Crippen MR) is 43.4 cm³/mol. The minimum absolute atomic E-state index is 0. The van der Waals surface area contributed by atoms with Gasteiger partial charge in [-0.1, -0.05) is 0 Å². The Balaban J connectivity index is -0.000000125. The van der Waals surface area contributed by atoms with Crippen molar-refractivity contribution in [1.82, 2.24) is 9.80 Å².